The van der Waals surface area contributed by atoms with Crippen LogP contribution >= 0.6 is 0 Å². The molecule has 118 valence electrons. The van der Waals surface area contributed by atoms with Crippen LogP contribution in [-0.2, 0) is 4.74 Å². The van der Waals surface area contributed by atoms with Crippen LogP contribution in [0.25, 0.3) is 0 Å². The number of likely N-dealkylation sites (N-methyl/N-ethyl adjacent to an activating group) is 1. The number of hydrogen-bond acceptors (Lipinski definition) is 4. The Morgan fingerprint density at radius 3 is 2.33 bits per heavy atom. The quantitative estimate of drug-likeness (QED) is 0.758. The minimum atomic E-state index is -0.426. The summed E-state index contributed by atoms with van der Waals surface area (Å²) in [6.07, 6.45) is 0.545. The number of anilines is 1. The third-order valence-electron chi connectivity index (χ3n) is 3.11. The fourth-order valence-corrected chi connectivity index (χ4v) is 1.82. The summed E-state index contributed by atoms with van der Waals surface area (Å²) >= 11 is 0. The van der Waals surface area contributed by atoms with E-state index in [-0.39, 0.29) is 0 Å². The minimum absolute atomic E-state index is 0.394. The third kappa shape index (κ3) is 6.99. The molecule has 5 nitrogen and oxygen atoms in total. The van der Waals surface area contributed by atoms with E-state index in [0.29, 0.717) is 18.9 Å². The second kappa shape index (κ2) is 10.0. The lowest BCUT2D eigenvalue weighted by Gasteiger charge is -2.17. The van der Waals surface area contributed by atoms with Crippen molar-refractivity contribution in [3.05, 3.63) is 24.3 Å². The first-order valence-corrected chi connectivity index (χ1v) is 7.58. The van der Waals surface area contributed by atoms with Crippen molar-refractivity contribution >= 4 is 11.8 Å². The van der Waals surface area contributed by atoms with E-state index in [1.807, 2.05) is 12.1 Å². The van der Waals surface area contributed by atoms with E-state index in [9.17, 15) is 4.79 Å². The van der Waals surface area contributed by atoms with Crippen LogP contribution in [0.1, 0.15) is 27.2 Å². The number of amides is 1. The van der Waals surface area contributed by atoms with Gasteiger partial charge in [0.05, 0.1) is 6.61 Å². The van der Waals surface area contributed by atoms with Crippen LogP contribution in [0.15, 0.2) is 24.3 Å². The van der Waals surface area contributed by atoms with E-state index in [1.165, 1.54) is 0 Å². The highest BCUT2D eigenvalue weighted by atomic mass is 16.5. The van der Waals surface area contributed by atoms with Gasteiger partial charge in [0.25, 0.3) is 0 Å². The first-order chi connectivity index (χ1) is 10.2. The smallest absolute Gasteiger partial charge is 0.411 e. The van der Waals surface area contributed by atoms with Gasteiger partial charge in [0.2, 0.25) is 0 Å². The molecule has 0 radical (unpaired) electrons. The molecule has 0 spiro atoms. The van der Waals surface area contributed by atoms with Crippen molar-refractivity contribution in [3.8, 4) is 5.75 Å². The molecule has 1 aromatic rings. The van der Waals surface area contributed by atoms with Gasteiger partial charge in [-0.3, -0.25) is 5.32 Å². The number of ether oxygens (including phenoxy) is 2. The molecular formula is C16H26N2O3. The average molecular weight is 294 g/mol. The summed E-state index contributed by atoms with van der Waals surface area (Å²) in [7, 11) is 0. The molecule has 0 aromatic heterocycles. The van der Waals surface area contributed by atoms with E-state index < -0.39 is 6.09 Å². The lowest BCUT2D eigenvalue weighted by atomic mass is 10.3. The molecule has 21 heavy (non-hydrogen) atoms. The molecule has 5 heteroatoms. The van der Waals surface area contributed by atoms with Gasteiger partial charge in [0.15, 0.2) is 0 Å². The van der Waals surface area contributed by atoms with Crippen molar-refractivity contribution in [2.75, 3.05) is 38.2 Å². The molecule has 0 atom stereocenters. The highest BCUT2D eigenvalue weighted by molar-refractivity contribution is 5.84. The molecule has 0 aliphatic heterocycles. The van der Waals surface area contributed by atoms with Gasteiger partial charge in [0, 0.05) is 12.2 Å². The molecule has 0 bridgehead atoms. The Morgan fingerprint density at radius 2 is 1.76 bits per heavy atom. The van der Waals surface area contributed by atoms with Crippen LogP contribution in [0.5, 0.6) is 5.75 Å². The molecule has 0 aliphatic carbocycles. The van der Waals surface area contributed by atoms with Crippen molar-refractivity contribution in [2.24, 2.45) is 0 Å². The Kier molecular flexibility index (Phi) is 8.28. The standard InChI is InChI=1S/C16H26N2O3/c1-4-12-20-15-9-7-14(8-10-15)17-16(19)21-13-11-18(5-2)6-3/h7-10H,4-6,11-13H2,1-3H3,(H,17,19). The summed E-state index contributed by atoms with van der Waals surface area (Å²) in [5, 5.41) is 2.70. The first-order valence-electron chi connectivity index (χ1n) is 7.58. The second-order valence-electron chi connectivity index (χ2n) is 4.66. The maximum atomic E-state index is 11.6. The molecule has 0 fully saturated rings. The number of rotatable bonds is 9. The maximum Gasteiger partial charge on any atom is 0.411 e. The molecule has 1 aromatic carbocycles. The summed E-state index contributed by atoms with van der Waals surface area (Å²) in [5.74, 6) is 0.803. The van der Waals surface area contributed by atoms with Crippen molar-refractivity contribution in [1.29, 1.82) is 0 Å². The molecule has 0 heterocycles. The molecular weight excluding hydrogens is 268 g/mol. The third-order valence-corrected chi connectivity index (χ3v) is 3.11. The Labute approximate surface area is 127 Å². The van der Waals surface area contributed by atoms with Gasteiger partial charge in [-0.1, -0.05) is 20.8 Å². The Morgan fingerprint density at radius 1 is 1.10 bits per heavy atom. The predicted molar refractivity (Wildman–Crippen MR) is 85.0 cm³/mol. The lowest BCUT2D eigenvalue weighted by Crippen LogP contribution is -2.28. The SMILES string of the molecule is CCCOc1ccc(NC(=O)OCCN(CC)CC)cc1. The van der Waals surface area contributed by atoms with Gasteiger partial charge >= 0.3 is 6.09 Å². The van der Waals surface area contributed by atoms with Gasteiger partial charge in [0.1, 0.15) is 12.4 Å². The zero-order valence-corrected chi connectivity index (χ0v) is 13.2. The molecule has 1 amide bonds. The van der Waals surface area contributed by atoms with Gasteiger partial charge < -0.3 is 14.4 Å². The summed E-state index contributed by atoms with van der Waals surface area (Å²) in [5.41, 5.74) is 0.701. The van der Waals surface area contributed by atoms with Crippen molar-refractivity contribution in [3.63, 3.8) is 0 Å². The zero-order chi connectivity index (χ0) is 15.5. The van der Waals surface area contributed by atoms with Crippen LogP contribution in [-0.4, -0.2) is 43.8 Å². The maximum absolute atomic E-state index is 11.6. The number of benzene rings is 1. The van der Waals surface area contributed by atoms with Gasteiger partial charge in [-0.25, -0.2) is 4.79 Å². The van der Waals surface area contributed by atoms with Crippen LogP contribution in [0, 0.1) is 0 Å². The largest absolute Gasteiger partial charge is 0.494 e. The molecule has 0 aliphatic rings. The Bertz CT molecular complexity index is 402. The normalized spacial score (nSPS) is 10.5. The van der Waals surface area contributed by atoms with E-state index in [4.69, 9.17) is 9.47 Å². The average Bonchev–Trinajstić information content (AvgIpc) is 2.51. The van der Waals surface area contributed by atoms with Crippen LogP contribution in [0.4, 0.5) is 10.5 Å². The first kappa shape index (κ1) is 17.3. The van der Waals surface area contributed by atoms with E-state index in [0.717, 1.165) is 31.8 Å². The van der Waals surface area contributed by atoms with Crippen molar-refractivity contribution < 1.29 is 14.3 Å². The Hall–Kier alpha value is -1.75. The highest BCUT2D eigenvalue weighted by Crippen LogP contribution is 2.15. The summed E-state index contributed by atoms with van der Waals surface area (Å²) in [6.45, 7) is 10.00. The molecule has 1 N–H and O–H groups in total. The van der Waals surface area contributed by atoms with Crippen LogP contribution in [0.2, 0.25) is 0 Å². The number of carbonyl (C=O) groups is 1. The summed E-state index contributed by atoms with van der Waals surface area (Å²) in [4.78, 5) is 13.8. The van der Waals surface area contributed by atoms with Crippen LogP contribution in [0.3, 0.4) is 0 Å². The number of nitrogens with zero attached hydrogens (tertiary/aromatic N) is 1. The zero-order valence-electron chi connectivity index (χ0n) is 13.2. The van der Waals surface area contributed by atoms with Crippen molar-refractivity contribution in [1.82, 2.24) is 4.90 Å². The highest BCUT2D eigenvalue weighted by Gasteiger charge is 2.05. The fourth-order valence-electron chi connectivity index (χ4n) is 1.82. The Balaban J connectivity index is 2.30. The second-order valence-corrected chi connectivity index (χ2v) is 4.66. The molecule has 0 unspecified atom stereocenters. The minimum Gasteiger partial charge on any atom is -0.494 e. The lowest BCUT2D eigenvalue weighted by molar-refractivity contribution is 0.142. The van der Waals surface area contributed by atoms with Gasteiger partial charge in [-0.05, 0) is 43.8 Å². The summed E-state index contributed by atoms with van der Waals surface area (Å²) < 4.78 is 10.6. The molecule has 0 saturated carbocycles. The van der Waals surface area contributed by atoms with E-state index in [2.05, 4.69) is 31.0 Å². The topological polar surface area (TPSA) is 50.8 Å². The van der Waals surface area contributed by atoms with Crippen molar-refractivity contribution in [2.45, 2.75) is 27.2 Å². The summed E-state index contributed by atoms with van der Waals surface area (Å²) in [6, 6.07) is 7.27. The number of hydrogen-bond donors (Lipinski definition) is 1. The number of nitrogens with one attached hydrogen (secondary N) is 1. The van der Waals surface area contributed by atoms with E-state index >= 15 is 0 Å². The molecule has 1 rings (SSSR count). The van der Waals surface area contributed by atoms with Gasteiger partial charge in [-0.15, -0.1) is 0 Å². The van der Waals surface area contributed by atoms with Gasteiger partial charge in [-0.2, -0.15) is 0 Å². The predicted octanol–water partition coefficient (Wildman–Crippen LogP) is 3.37. The van der Waals surface area contributed by atoms with Crippen LogP contribution < -0.4 is 10.1 Å². The monoisotopic (exact) mass is 294 g/mol. The number of carbonyl (C=O) groups excluding carboxylic acids is 1. The fraction of sp³-hybridized carbons (Fsp3) is 0.562. The van der Waals surface area contributed by atoms with E-state index in [1.54, 1.807) is 12.1 Å². The molecule has 0 saturated heterocycles.